The van der Waals surface area contributed by atoms with Crippen molar-refractivity contribution in [3.63, 3.8) is 0 Å². The molecule has 2 N–H and O–H groups in total. The molecule has 0 saturated heterocycles. The third kappa shape index (κ3) is 5.31. The van der Waals surface area contributed by atoms with E-state index in [-0.39, 0.29) is 0 Å². The Morgan fingerprint density at radius 1 is 1.32 bits per heavy atom. The van der Waals surface area contributed by atoms with Crippen molar-refractivity contribution in [2.75, 3.05) is 13.6 Å². The molecule has 1 aromatic carbocycles. The second kappa shape index (κ2) is 8.76. The smallest absolute Gasteiger partial charge is 0.191 e. The second-order valence-electron chi connectivity index (χ2n) is 4.91. The fourth-order valence-electron chi connectivity index (χ4n) is 2.05. The van der Waals surface area contributed by atoms with E-state index >= 15 is 0 Å². The Morgan fingerprint density at radius 2 is 2.14 bits per heavy atom. The van der Waals surface area contributed by atoms with Gasteiger partial charge in [-0.3, -0.25) is 4.99 Å². The van der Waals surface area contributed by atoms with Crippen LogP contribution in [-0.4, -0.2) is 24.5 Å². The summed E-state index contributed by atoms with van der Waals surface area (Å²) in [4.78, 5) is 9.77. The Kier molecular flexibility index (Phi) is 6.68. The Bertz CT molecular complexity index is 624. The molecule has 0 saturated carbocycles. The molecule has 0 aliphatic heterocycles. The van der Waals surface area contributed by atoms with Gasteiger partial charge in [0, 0.05) is 29.7 Å². The third-order valence-electron chi connectivity index (χ3n) is 3.17. The van der Waals surface area contributed by atoms with Crippen LogP contribution in [0.5, 0.6) is 0 Å². The minimum Gasteiger partial charge on any atom is -0.356 e. The molecule has 0 radical (unpaired) electrons. The van der Waals surface area contributed by atoms with Crippen LogP contribution in [0.15, 0.2) is 35.5 Å². The van der Waals surface area contributed by atoms with Crippen LogP contribution in [0, 0.1) is 6.92 Å². The first-order chi connectivity index (χ1) is 10.7. The zero-order valence-corrected chi connectivity index (χ0v) is 14.5. The summed E-state index contributed by atoms with van der Waals surface area (Å²) in [6.45, 7) is 3.60. The van der Waals surface area contributed by atoms with E-state index in [1.807, 2.05) is 24.4 Å². The highest BCUT2D eigenvalue weighted by molar-refractivity contribution is 7.11. The van der Waals surface area contributed by atoms with Crippen LogP contribution >= 0.6 is 22.9 Å². The Balaban J connectivity index is 1.69. The van der Waals surface area contributed by atoms with Crippen molar-refractivity contribution >= 4 is 28.9 Å². The number of halogens is 1. The summed E-state index contributed by atoms with van der Waals surface area (Å²) < 4.78 is 0. The Labute approximate surface area is 140 Å². The van der Waals surface area contributed by atoms with Crippen molar-refractivity contribution in [1.29, 1.82) is 0 Å². The van der Waals surface area contributed by atoms with Gasteiger partial charge in [-0.25, -0.2) is 4.98 Å². The Morgan fingerprint density at radius 3 is 2.82 bits per heavy atom. The van der Waals surface area contributed by atoms with Crippen LogP contribution in [0.3, 0.4) is 0 Å². The Hall–Kier alpha value is -1.59. The van der Waals surface area contributed by atoms with Crippen LogP contribution in [0.25, 0.3) is 0 Å². The topological polar surface area (TPSA) is 49.3 Å². The monoisotopic (exact) mass is 336 g/mol. The van der Waals surface area contributed by atoms with Gasteiger partial charge < -0.3 is 10.6 Å². The largest absolute Gasteiger partial charge is 0.356 e. The van der Waals surface area contributed by atoms with Gasteiger partial charge in [0.2, 0.25) is 0 Å². The number of aryl methyl sites for hydroxylation is 2. The predicted octanol–water partition coefficient (Wildman–Crippen LogP) is 3.40. The molecule has 0 bridgehead atoms. The molecule has 0 unspecified atom stereocenters. The van der Waals surface area contributed by atoms with Gasteiger partial charge >= 0.3 is 0 Å². The first-order valence-corrected chi connectivity index (χ1v) is 8.47. The lowest BCUT2D eigenvalue weighted by atomic mass is 10.1. The van der Waals surface area contributed by atoms with Crippen molar-refractivity contribution in [2.24, 2.45) is 4.99 Å². The van der Waals surface area contributed by atoms with E-state index in [1.165, 1.54) is 10.4 Å². The van der Waals surface area contributed by atoms with Gasteiger partial charge in [0.15, 0.2) is 5.96 Å². The molecule has 4 nitrogen and oxygen atoms in total. The molecule has 0 spiro atoms. The van der Waals surface area contributed by atoms with Crippen molar-refractivity contribution in [2.45, 2.75) is 26.3 Å². The quantitative estimate of drug-likeness (QED) is 0.483. The zero-order valence-electron chi connectivity index (χ0n) is 12.9. The summed E-state index contributed by atoms with van der Waals surface area (Å²) in [6.07, 6.45) is 3.84. The molecule has 1 heterocycles. The molecule has 22 heavy (non-hydrogen) atoms. The minimum atomic E-state index is 0.697. The minimum absolute atomic E-state index is 0.697. The fourth-order valence-corrected chi connectivity index (χ4v) is 3.01. The lowest BCUT2D eigenvalue weighted by Gasteiger charge is -2.11. The van der Waals surface area contributed by atoms with Gasteiger partial charge in [0.25, 0.3) is 0 Å². The lowest BCUT2D eigenvalue weighted by molar-refractivity contribution is 0.741. The lowest BCUT2D eigenvalue weighted by Crippen LogP contribution is -2.37. The summed E-state index contributed by atoms with van der Waals surface area (Å²) in [6, 6.07) is 7.97. The van der Waals surface area contributed by atoms with Crippen molar-refractivity contribution in [3.05, 3.63) is 50.9 Å². The van der Waals surface area contributed by atoms with Crippen LogP contribution in [0.1, 0.15) is 21.9 Å². The number of thiazole rings is 1. The highest BCUT2D eigenvalue weighted by atomic mass is 35.5. The van der Waals surface area contributed by atoms with E-state index in [0.29, 0.717) is 6.54 Å². The normalized spacial score (nSPS) is 11.5. The van der Waals surface area contributed by atoms with Crippen LogP contribution in [-0.2, 0) is 13.0 Å². The maximum absolute atomic E-state index is 6.15. The number of aliphatic imine (C=N–C) groups is 1. The molecule has 0 aliphatic carbocycles. The van der Waals surface area contributed by atoms with Gasteiger partial charge in [-0.1, -0.05) is 29.8 Å². The van der Waals surface area contributed by atoms with Gasteiger partial charge in [0.1, 0.15) is 5.01 Å². The molecule has 0 fully saturated rings. The zero-order chi connectivity index (χ0) is 15.8. The number of hydrogen-bond donors (Lipinski definition) is 2. The van der Waals surface area contributed by atoms with E-state index in [2.05, 4.69) is 33.6 Å². The summed E-state index contributed by atoms with van der Waals surface area (Å²) in [5.41, 5.74) is 1.19. The van der Waals surface area contributed by atoms with E-state index in [9.17, 15) is 0 Å². The first-order valence-electron chi connectivity index (χ1n) is 7.28. The molecule has 0 aliphatic rings. The number of rotatable bonds is 6. The molecule has 2 rings (SSSR count). The third-order valence-corrected chi connectivity index (χ3v) is 4.45. The van der Waals surface area contributed by atoms with Crippen molar-refractivity contribution in [1.82, 2.24) is 15.6 Å². The van der Waals surface area contributed by atoms with E-state index in [1.54, 1.807) is 18.4 Å². The summed E-state index contributed by atoms with van der Waals surface area (Å²) >= 11 is 7.85. The van der Waals surface area contributed by atoms with E-state index in [4.69, 9.17) is 11.6 Å². The summed E-state index contributed by atoms with van der Waals surface area (Å²) in [5, 5.41) is 8.48. The van der Waals surface area contributed by atoms with Crippen LogP contribution in [0.2, 0.25) is 5.02 Å². The number of nitrogens with zero attached hydrogens (tertiary/aromatic N) is 2. The van der Waals surface area contributed by atoms with Gasteiger partial charge in [-0.05, 0) is 31.4 Å². The first kappa shape index (κ1) is 16.8. The van der Waals surface area contributed by atoms with Gasteiger partial charge in [0.05, 0.1) is 6.54 Å². The number of aromatic nitrogens is 1. The summed E-state index contributed by atoms with van der Waals surface area (Å²) in [5.74, 6) is 0.798. The van der Waals surface area contributed by atoms with Crippen molar-refractivity contribution < 1.29 is 0 Å². The standard InChI is InChI=1S/C16H21ClN4S/c1-12-10-20-15(22-12)11-21-16(18-2)19-9-5-7-13-6-3-4-8-14(13)17/h3-4,6,8,10H,5,7,9,11H2,1-2H3,(H2,18,19,21). The highest BCUT2D eigenvalue weighted by Gasteiger charge is 2.02. The SMILES string of the molecule is CN=C(NCCCc1ccccc1Cl)NCc1ncc(C)s1. The number of guanidine groups is 1. The maximum Gasteiger partial charge on any atom is 0.191 e. The predicted molar refractivity (Wildman–Crippen MR) is 94.8 cm³/mol. The average molecular weight is 337 g/mol. The molecule has 0 atom stereocenters. The highest BCUT2D eigenvalue weighted by Crippen LogP contribution is 2.16. The molecule has 6 heteroatoms. The molecule has 2 aromatic rings. The fraction of sp³-hybridized carbons (Fsp3) is 0.375. The van der Waals surface area contributed by atoms with Gasteiger partial charge in [-0.2, -0.15) is 0 Å². The molecular weight excluding hydrogens is 316 g/mol. The number of benzene rings is 1. The molecule has 1 aromatic heterocycles. The van der Waals surface area contributed by atoms with Gasteiger partial charge in [-0.15, -0.1) is 11.3 Å². The van der Waals surface area contributed by atoms with Crippen LogP contribution < -0.4 is 10.6 Å². The molecule has 0 amide bonds. The van der Waals surface area contributed by atoms with Crippen molar-refractivity contribution in [3.8, 4) is 0 Å². The second-order valence-corrected chi connectivity index (χ2v) is 6.64. The van der Waals surface area contributed by atoms with E-state index < -0.39 is 0 Å². The number of hydrogen-bond acceptors (Lipinski definition) is 3. The number of nitrogens with one attached hydrogen (secondary N) is 2. The maximum atomic E-state index is 6.15. The van der Waals surface area contributed by atoms with Crippen LogP contribution in [0.4, 0.5) is 0 Å². The summed E-state index contributed by atoms with van der Waals surface area (Å²) in [7, 11) is 1.77. The molecule has 118 valence electrons. The van der Waals surface area contributed by atoms with E-state index in [0.717, 1.165) is 35.4 Å². The average Bonchev–Trinajstić information content (AvgIpc) is 2.94. The molecular formula is C16H21ClN4S.